The maximum absolute atomic E-state index is 11.7. The van der Waals surface area contributed by atoms with E-state index < -0.39 is 0 Å². The molecule has 0 atom stereocenters. The third kappa shape index (κ3) is 3.68. The molecule has 3 N–H and O–H groups in total. The predicted octanol–water partition coefficient (Wildman–Crippen LogP) is 1.52. The van der Waals surface area contributed by atoms with Crippen LogP contribution in [0.25, 0.3) is 0 Å². The molecule has 0 saturated carbocycles. The zero-order chi connectivity index (χ0) is 13.0. The molecule has 1 aliphatic rings. The van der Waals surface area contributed by atoms with E-state index in [0.717, 1.165) is 12.1 Å². The van der Waals surface area contributed by atoms with Gasteiger partial charge >= 0.3 is 0 Å². The first-order valence-electron chi connectivity index (χ1n) is 6.11. The van der Waals surface area contributed by atoms with Crippen LogP contribution in [0.3, 0.4) is 0 Å². The highest BCUT2D eigenvalue weighted by Crippen LogP contribution is 2.29. The van der Waals surface area contributed by atoms with E-state index in [1.807, 2.05) is 18.2 Å². The average molecular weight is 284 g/mol. The van der Waals surface area contributed by atoms with Gasteiger partial charge < -0.3 is 16.0 Å². The number of amides is 2. The van der Waals surface area contributed by atoms with Crippen molar-refractivity contribution >= 4 is 35.6 Å². The summed E-state index contributed by atoms with van der Waals surface area (Å²) < 4.78 is 0. The van der Waals surface area contributed by atoms with Gasteiger partial charge in [0, 0.05) is 25.9 Å². The second-order valence-corrected chi connectivity index (χ2v) is 4.25. The molecule has 0 spiro atoms. The first-order chi connectivity index (χ1) is 8.72. The molecule has 0 radical (unpaired) electrons. The molecule has 0 aliphatic carbocycles. The van der Waals surface area contributed by atoms with Crippen molar-refractivity contribution in [3.63, 3.8) is 0 Å². The molecule has 1 aliphatic heterocycles. The monoisotopic (exact) mass is 283 g/mol. The fourth-order valence-electron chi connectivity index (χ4n) is 2.06. The van der Waals surface area contributed by atoms with Crippen LogP contribution in [0.15, 0.2) is 24.3 Å². The first kappa shape index (κ1) is 15.5. The van der Waals surface area contributed by atoms with Crippen molar-refractivity contribution in [2.45, 2.75) is 19.3 Å². The van der Waals surface area contributed by atoms with Gasteiger partial charge in [0.2, 0.25) is 11.8 Å². The Morgan fingerprint density at radius 2 is 2.11 bits per heavy atom. The number of carbonyl (C=O) groups excluding carboxylic acids is 2. The first-order valence-corrected chi connectivity index (χ1v) is 6.11. The van der Waals surface area contributed by atoms with Crippen molar-refractivity contribution in [3.8, 4) is 0 Å². The number of hydrogen-bond acceptors (Lipinski definition) is 3. The Labute approximate surface area is 118 Å². The van der Waals surface area contributed by atoms with Gasteiger partial charge in [-0.05, 0) is 18.6 Å². The van der Waals surface area contributed by atoms with E-state index in [2.05, 4.69) is 5.32 Å². The van der Waals surface area contributed by atoms with Gasteiger partial charge in [-0.2, -0.15) is 0 Å². The highest BCUT2D eigenvalue weighted by Gasteiger charge is 2.23. The lowest BCUT2D eigenvalue weighted by molar-refractivity contribution is -0.117. The van der Waals surface area contributed by atoms with Crippen molar-refractivity contribution in [2.24, 2.45) is 5.73 Å². The highest BCUT2D eigenvalue weighted by molar-refractivity contribution is 6.02. The summed E-state index contributed by atoms with van der Waals surface area (Å²) in [5.74, 6) is -0.0212. The summed E-state index contributed by atoms with van der Waals surface area (Å²) in [4.78, 5) is 25.0. The number of anilines is 2. The van der Waals surface area contributed by atoms with Crippen LogP contribution in [0.1, 0.15) is 19.3 Å². The van der Waals surface area contributed by atoms with E-state index in [9.17, 15) is 9.59 Å². The molecule has 0 aromatic heterocycles. The van der Waals surface area contributed by atoms with Crippen LogP contribution >= 0.6 is 12.4 Å². The smallest absolute Gasteiger partial charge is 0.227 e. The fourth-order valence-corrected chi connectivity index (χ4v) is 2.06. The molecule has 1 heterocycles. The van der Waals surface area contributed by atoms with Gasteiger partial charge in [-0.15, -0.1) is 12.4 Å². The van der Waals surface area contributed by atoms with Crippen LogP contribution in [0, 0.1) is 0 Å². The van der Waals surface area contributed by atoms with E-state index in [-0.39, 0.29) is 30.6 Å². The molecule has 6 heteroatoms. The van der Waals surface area contributed by atoms with E-state index in [1.165, 1.54) is 0 Å². The maximum Gasteiger partial charge on any atom is 0.227 e. The minimum atomic E-state index is -0.128. The molecule has 1 aromatic rings. The number of halogens is 1. The number of nitrogens with two attached hydrogens (primary N) is 1. The second kappa shape index (κ2) is 7.11. The van der Waals surface area contributed by atoms with Gasteiger partial charge in [0.1, 0.15) is 0 Å². The Hall–Kier alpha value is -1.59. The molecule has 0 bridgehead atoms. The van der Waals surface area contributed by atoms with E-state index in [4.69, 9.17) is 5.73 Å². The highest BCUT2D eigenvalue weighted by atomic mass is 35.5. The van der Waals surface area contributed by atoms with Crippen LogP contribution in [0.5, 0.6) is 0 Å². The number of nitrogens with one attached hydrogen (secondary N) is 1. The number of carbonyl (C=O) groups is 2. The number of nitrogens with zero attached hydrogens (tertiary/aromatic N) is 1. The predicted molar refractivity (Wildman–Crippen MR) is 77.6 cm³/mol. The van der Waals surface area contributed by atoms with Crippen LogP contribution in [0.2, 0.25) is 0 Å². The molecule has 1 aromatic carbocycles. The maximum atomic E-state index is 11.7. The molecule has 19 heavy (non-hydrogen) atoms. The van der Waals surface area contributed by atoms with Gasteiger partial charge in [-0.25, -0.2) is 0 Å². The Morgan fingerprint density at radius 1 is 1.37 bits per heavy atom. The van der Waals surface area contributed by atoms with Crippen molar-refractivity contribution in [1.29, 1.82) is 0 Å². The number of hydrogen-bond donors (Lipinski definition) is 2. The van der Waals surface area contributed by atoms with Crippen molar-refractivity contribution < 1.29 is 9.59 Å². The number of rotatable bonds is 4. The lowest BCUT2D eigenvalue weighted by atomic mass is 10.2. The van der Waals surface area contributed by atoms with Crippen molar-refractivity contribution in [3.05, 3.63) is 24.3 Å². The molecule has 1 saturated heterocycles. The second-order valence-electron chi connectivity index (χ2n) is 4.25. The standard InChI is InChI=1S/C13H17N3O2.ClH/c14-8-7-12(17)15-10-4-1-2-5-11(10)16-9-3-6-13(16)18;/h1-2,4-5H,3,6-9,14H2,(H,15,17);1H. The summed E-state index contributed by atoms with van der Waals surface area (Å²) in [6.07, 6.45) is 1.72. The Morgan fingerprint density at radius 3 is 2.74 bits per heavy atom. The van der Waals surface area contributed by atoms with Crippen molar-refractivity contribution in [1.82, 2.24) is 0 Å². The van der Waals surface area contributed by atoms with Crippen LogP contribution < -0.4 is 16.0 Å². The summed E-state index contributed by atoms with van der Waals surface area (Å²) >= 11 is 0. The van der Waals surface area contributed by atoms with E-state index >= 15 is 0 Å². The molecule has 5 nitrogen and oxygen atoms in total. The summed E-state index contributed by atoms with van der Waals surface area (Å²) in [6.45, 7) is 1.03. The Balaban J connectivity index is 0.00000180. The average Bonchev–Trinajstić information content (AvgIpc) is 2.76. The van der Waals surface area contributed by atoms with Crippen LogP contribution in [-0.4, -0.2) is 24.9 Å². The minimum Gasteiger partial charge on any atom is -0.330 e. The lowest BCUT2D eigenvalue weighted by Crippen LogP contribution is -2.26. The Bertz CT molecular complexity index is 465. The van der Waals surface area contributed by atoms with Gasteiger partial charge in [0.15, 0.2) is 0 Å². The normalized spacial score (nSPS) is 14.2. The molecular formula is C13H18ClN3O2. The molecule has 0 unspecified atom stereocenters. The summed E-state index contributed by atoms with van der Waals surface area (Å²) in [7, 11) is 0. The quantitative estimate of drug-likeness (QED) is 0.880. The molecule has 2 amide bonds. The molecule has 1 fully saturated rings. The lowest BCUT2D eigenvalue weighted by Gasteiger charge is -2.19. The topological polar surface area (TPSA) is 75.4 Å². The number of benzene rings is 1. The largest absolute Gasteiger partial charge is 0.330 e. The fraction of sp³-hybridized carbons (Fsp3) is 0.385. The van der Waals surface area contributed by atoms with Gasteiger partial charge in [0.05, 0.1) is 11.4 Å². The Kier molecular flexibility index (Phi) is 5.79. The SMILES string of the molecule is Cl.NCCC(=O)Nc1ccccc1N1CCCC1=O. The van der Waals surface area contributed by atoms with E-state index in [0.29, 0.717) is 25.2 Å². The minimum absolute atomic E-state index is 0. The molecule has 104 valence electrons. The van der Waals surface area contributed by atoms with Gasteiger partial charge in [0.25, 0.3) is 0 Å². The summed E-state index contributed by atoms with van der Waals surface area (Å²) in [5.41, 5.74) is 6.78. The zero-order valence-corrected chi connectivity index (χ0v) is 11.4. The van der Waals surface area contributed by atoms with Gasteiger partial charge in [-0.1, -0.05) is 12.1 Å². The van der Waals surface area contributed by atoms with E-state index in [1.54, 1.807) is 11.0 Å². The molecular weight excluding hydrogens is 266 g/mol. The van der Waals surface area contributed by atoms with Crippen LogP contribution in [-0.2, 0) is 9.59 Å². The third-order valence-electron chi connectivity index (χ3n) is 2.91. The summed E-state index contributed by atoms with van der Waals surface area (Å²) in [6, 6.07) is 7.35. The number of para-hydroxylation sites is 2. The van der Waals surface area contributed by atoms with Crippen molar-refractivity contribution in [2.75, 3.05) is 23.3 Å². The van der Waals surface area contributed by atoms with Gasteiger partial charge in [-0.3, -0.25) is 9.59 Å². The summed E-state index contributed by atoms with van der Waals surface area (Å²) in [5, 5.41) is 2.80. The van der Waals surface area contributed by atoms with Crippen LogP contribution in [0.4, 0.5) is 11.4 Å². The molecule has 2 rings (SSSR count). The zero-order valence-electron chi connectivity index (χ0n) is 10.6. The third-order valence-corrected chi connectivity index (χ3v) is 2.91.